The number of nitrogens with zero attached hydrogens (tertiary/aromatic N) is 1. The predicted molar refractivity (Wildman–Crippen MR) is 61.0 cm³/mol. The van der Waals surface area contributed by atoms with Crippen LogP contribution < -0.4 is 10.2 Å². The van der Waals surface area contributed by atoms with Crippen molar-refractivity contribution in [2.45, 2.75) is 13.1 Å². The van der Waals surface area contributed by atoms with Gasteiger partial charge in [0.25, 0.3) is 0 Å². The number of nitrogens with one attached hydrogen (secondary N) is 1. The molecule has 1 aromatic carbocycles. The Hall–Kier alpha value is -1.09. The molecular formula is C12H17FN2. The molecule has 1 unspecified atom stereocenters. The molecule has 2 nitrogen and oxygen atoms in total. The van der Waals surface area contributed by atoms with Gasteiger partial charge in [0.1, 0.15) is 6.17 Å². The standard InChI is InChI=1S/C12H17FN2/c1-10(13)11-2-4-12(5-3-11)15-8-6-14-7-9-15/h2-5,10,14H,6-9H2,1H3. The lowest BCUT2D eigenvalue weighted by atomic mass is 10.1. The first-order chi connectivity index (χ1) is 7.27. The third kappa shape index (κ3) is 2.48. The summed E-state index contributed by atoms with van der Waals surface area (Å²) in [6.45, 7) is 5.69. The molecule has 0 saturated carbocycles. The minimum absolute atomic E-state index is 0.758. The maximum Gasteiger partial charge on any atom is 0.122 e. The largest absolute Gasteiger partial charge is 0.369 e. The lowest BCUT2D eigenvalue weighted by Gasteiger charge is -2.29. The molecule has 1 saturated heterocycles. The molecule has 1 atom stereocenters. The lowest BCUT2D eigenvalue weighted by molar-refractivity contribution is 0.374. The van der Waals surface area contributed by atoms with E-state index < -0.39 is 6.17 Å². The number of hydrogen-bond donors (Lipinski definition) is 1. The highest BCUT2D eigenvalue weighted by molar-refractivity contribution is 5.48. The van der Waals surface area contributed by atoms with Crippen molar-refractivity contribution in [1.29, 1.82) is 0 Å². The fourth-order valence-electron chi connectivity index (χ4n) is 1.87. The number of anilines is 1. The van der Waals surface area contributed by atoms with E-state index in [-0.39, 0.29) is 0 Å². The second-order valence-corrected chi connectivity index (χ2v) is 3.94. The molecule has 1 N–H and O–H groups in total. The maximum atomic E-state index is 13.0. The third-order valence-corrected chi connectivity index (χ3v) is 2.83. The van der Waals surface area contributed by atoms with E-state index in [0.29, 0.717) is 0 Å². The van der Waals surface area contributed by atoms with Gasteiger partial charge in [-0.2, -0.15) is 0 Å². The van der Waals surface area contributed by atoms with Crippen molar-refractivity contribution >= 4 is 5.69 Å². The summed E-state index contributed by atoms with van der Waals surface area (Å²) >= 11 is 0. The van der Waals surface area contributed by atoms with Crippen LogP contribution in [0, 0.1) is 0 Å². The van der Waals surface area contributed by atoms with Gasteiger partial charge in [-0.3, -0.25) is 0 Å². The minimum Gasteiger partial charge on any atom is -0.369 e. The molecule has 1 heterocycles. The van der Waals surface area contributed by atoms with Crippen molar-refractivity contribution in [3.05, 3.63) is 29.8 Å². The van der Waals surface area contributed by atoms with Gasteiger partial charge < -0.3 is 10.2 Å². The zero-order valence-corrected chi connectivity index (χ0v) is 9.04. The molecule has 1 aromatic rings. The van der Waals surface area contributed by atoms with Crippen molar-refractivity contribution in [2.75, 3.05) is 31.1 Å². The van der Waals surface area contributed by atoms with E-state index >= 15 is 0 Å². The highest BCUT2D eigenvalue weighted by Gasteiger charge is 2.10. The smallest absolute Gasteiger partial charge is 0.122 e. The Bertz CT molecular complexity index is 302. The molecule has 2 rings (SSSR count). The monoisotopic (exact) mass is 208 g/mol. The summed E-state index contributed by atoms with van der Waals surface area (Å²) in [5, 5.41) is 3.31. The van der Waals surface area contributed by atoms with E-state index in [1.165, 1.54) is 5.69 Å². The molecule has 1 aliphatic rings. The quantitative estimate of drug-likeness (QED) is 0.801. The van der Waals surface area contributed by atoms with Gasteiger partial charge >= 0.3 is 0 Å². The van der Waals surface area contributed by atoms with Gasteiger partial charge in [0, 0.05) is 31.9 Å². The molecule has 0 radical (unpaired) electrons. The van der Waals surface area contributed by atoms with E-state index in [0.717, 1.165) is 31.7 Å². The average molecular weight is 208 g/mol. The number of benzene rings is 1. The van der Waals surface area contributed by atoms with Crippen LogP contribution >= 0.6 is 0 Å². The Morgan fingerprint density at radius 1 is 1.20 bits per heavy atom. The topological polar surface area (TPSA) is 15.3 Å². The van der Waals surface area contributed by atoms with Crippen LogP contribution in [0.5, 0.6) is 0 Å². The van der Waals surface area contributed by atoms with Crippen LogP contribution in [0.2, 0.25) is 0 Å². The molecule has 1 fully saturated rings. The number of rotatable bonds is 2. The Labute approximate surface area is 90.1 Å². The normalized spacial score (nSPS) is 18.9. The summed E-state index contributed by atoms with van der Waals surface area (Å²) in [7, 11) is 0. The number of hydrogen-bond acceptors (Lipinski definition) is 2. The summed E-state index contributed by atoms with van der Waals surface area (Å²) in [4.78, 5) is 2.32. The van der Waals surface area contributed by atoms with Crippen LogP contribution in [-0.4, -0.2) is 26.2 Å². The summed E-state index contributed by atoms with van der Waals surface area (Å²) in [6, 6.07) is 7.78. The zero-order valence-electron chi connectivity index (χ0n) is 9.04. The highest BCUT2D eigenvalue weighted by Crippen LogP contribution is 2.21. The summed E-state index contributed by atoms with van der Waals surface area (Å²) in [5.41, 5.74) is 1.95. The third-order valence-electron chi connectivity index (χ3n) is 2.83. The first-order valence-electron chi connectivity index (χ1n) is 5.47. The second-order valence-electron chi connectivity index (χ2n) is 3.94. The van der Waals surface area contributed by atoms with Crippen molar-refractivity contribution in [3.63, 3.8) is 0 Å². The fourth-order valence-corrected chi connectivity index (χ4v) is 1.87. The van der Waals surface area contributed by atoms with Gasteiger partial charge in [0.2, 0.25) is 0 Å². The molecule has 0 aromatic heterocycles. The summed E-state index contributed by atoms with van der Waals surface area (Å²) in [6.07, 6.45) is -0.873. The predicted octanol–water partition coefficient (Wildman–Crippen LogP) is 2.13. The lowest BCUT2D eigenvalue weighted by Crippen LogP contribution is -2.43. The Morgan fingerprint density at radius 3 is 2.33 bits per heavy atom. The first-order valence-corrected chi connectivity index (χ1v) is 5.47. The van der Waals surface area contributed by atoms with Crippen molar-refractivity contribution < 1.29 is 4.39 Å². The van der Waals surface area contributed by atoms with Gasteiger partial charge in [-0.25, -0.2) is 4.39 Å². The van der Waals surface area contributed by atoms with Gasteiger partial charge in [-0.1, -0.05) is 12.1 Å². The molecule has 0 amide bonds. The number of piperazine rings is 1. The molecule has 1 aliphatic heterocycles. The van der Waals surface area contributed by atoms with E-state index in [4.69, 9.17) is 0 Å². The Kier molecular flexibility index (Phi) is 3.21. The second kappa shape index (κ2) is 4.62. The molecule has 0 spiro atoms. The summed E-state index contributed by atoms with van der Waals surface area (Å²) in [5.74, 6) is 0. The number of alkyl halides is 1. The SMILES string of the molecule is CC(F)c1ccc(N2CCNCC2)cc1. The Morgan fingerprint density at radius 2 is 1.80 bits per heavy atom. The number of halogens is 1. The van der Waals surface area contributed by atoms with Crippen LogP contribution in [0.1, 0.15) is 18.7 Å². The van der Waals surface area contributed by atoms with E-state index in [9.17, 15) is 4.39 Å². The molecule has 3 heteroatoms. The fraction of sp³-hybridized carbons (Fsp3) is 0.500. The highest BCUT2D eigenvalue weighted by atomic mass is 19.1. The van der Waals surface area contributed by atoms with Crippen LogP contribution in [-0.2, 0) is 0 Å². The molecular weight excluding hydrogens is 191 g/mol. The first kappa shape index (κ1) is 10.4. The van der Waals surface area contributed by atoms with Gasteiger partial charge in [0.15, 0.2) is 0 Å². The van der Waals surface area contributed by atoms with E-state index in [1.807, 2.05) is 24.3 Å². The molecule has 0 bridgehead atoms. The Balaban J connectivity index is 2.08. The van der Waals surface area contributed by atoms with E-state index in [1.54, 1.807) is 6.92 Å². The average Bonchev–Trinajstić information content (AvgIpc) is 2.30. The minimum atomic E-state index is -0.873. The van der Waals surface area contributed by atoms with Crippen molar-refractivity contribution in [3.8, 4) is 0 Å². The zero-order chi connectivity index (χ0) is 10.7. The van der Waals surface area contributed by atoms with Crippen LogP contribution in [0.15, 0.2) is 24.3 Å². The van der Waals surface area contributed by atoms with Gasteiger partial charge in [0.05, 0.1) is 0 Å². The van der Waals surface area contributed by atoms with Gasteiger partial charge in [-0.15, -0.1) is 0 Å². The summed E-state index contributed by atoms with van der Waals surface area (Å²) < 4.78 is 13.0. The van der Waals surface area contributed by atoms with Crippen LogP contribution in [0.4, 0.5) is 10.1 Å². The molecule has 0 aliphatic carbocycles. The maximum absolute atomic E-state index is 13.0. The van der Waals surface area contributed by atoms with Crippen molar-refractivity contribution in [2.24, 2.45) is 0 Å². The van der Waals surface area contributed by atoms with Crippen LogP contribution in [0.25, 0.3) is 0 Å². The van der Waals surface area contributed by atoms with Gasteiger partial charge in [-0.05, 0) is 24.6 Å². The molecule has 15 heavy (non-hydrogen) atoms. The van der Waals surface area contributed by atoms with E-state index in [2.05, 4.69) is 10.2 Å². The van der Waals surface area contributed by atoms with Crippen LogP contribution in [0.3, 0.4) is 0 Å². The van der Waals surface area contributed by atoms with Crippen molar-refractivity contribution in [1.82, 2.24) is 5.32 Å². The molecule has 82 valence electrons.